The molecule has 1 heterocycles. The second kappa shape index (κ2) is 5.57. The number of amides is 1. The van der Waals surface area contributed by atoms with Crippen LogP contribution in [0.4, 0.5) is 5.69 Å². The minimum atomic E-state index is -0.0910. The molecule has 1 aliphatic carbocycles. The van der Waals surface area contributed by atoms with Crippen LogP contribution in [0, 0.1) is 0 Å². The lowest BCUT2D eigenvalue weighted by atomic mass is 9.94. The van der Waals surface area contributed by atoms with Crippen molar-refractivity contribution in [2.24, 2.45) is 0 Å². The molecule has 1 aliphatic rings. The largest absolute Gasteiger partial charge is 0.397 e. The molecule has 2 N–H and O–H groups in total. The van der Waals surface area contributed by atoms with Crippen molar-refractivity contribution >= 4 is 23.2 Å². The van der Waals surface area contributed by atoms with E-state index >= 15 is 0 Å². The van der Waals surface area contributed by atoms with Gasteiger partial charge in [0.05, 0.1) is 17.4 Å². The van der Waals surface area contributed by atoms with Crippen molar-refractivity contribution in [2.75, 3.05) is 12.8 Å². The third-order valence-electron chi connectivity index (χ3n) is 3.53. The molecule has 0 spiro atoms. The molecule has 1 saturated carbocycles. The van der Waals surface area contributed by atoms with Gasteiger partial charge in [0.15, 0.2) is 0 Å². The second-order valence-electron chi connectivity index (χ2n) is 4.81. The summed E-state index contributed by atoms with van der Waals surface area (Å²) in [6.45, 7) is 0. The van der Waals surface area contributed by atoms with Crippen LogP contribution in [0.3, 0.4) is 0 Å². The molecular weight excluding hydrogens is 250 g/mol. The van der Waals surface area contributed by atoms with Gasteiger partial charge in [-0.3, -0.25) is 4.79 Å². The normalized spacial score (nSPS) is 16.6. The van der Waals surface area contributed by atoms with Crippen molar-refractivity contribution in [2.45, 2.75) is 38.1 Å². The van der Waals surface area contributed by atoms with Crippen molar-refractivity contribution in [1.29, 1.82) is 0 Å². The molecule has 1 aromatic rings. The summed E-state index contributed by atoms with van der Waals surface area (Å²) in [6.07, 6.45) is 7.22. The number of hydrogen-bond acceptors (Lipinski definition) is 3. The topological polar surface area (TPSA) is 59.2 Å². The van der Waals surface area contributed by atoms with Gasteiger partial charge in [-0.2, -0.15) is 0 Å². The smallest absolute Gasteiger partial charge is 0.257 e. The molecule has 1 amide bonds. The first-order chi connectivity index (χ1) is 8.59. The first-order valence-electron chi connectivity index (χ1n) is 6.28. The monoisotopic (exact) mass is 267 g/mol. The average Bonchev–Trinajstić information content (AvgIpc) is 2.41. The van der Waals surface area contributed by atoms with E-state index in [0.29, 0.717) is 17.3 Å². The lowest BCUT2D eigenvalue weighted by Crippen LogP contribution is -2.38. The number of hydrogen-bond donors (Lipinski definition) is 1. The molecule has 0 aromatic carbocycles. The molecule has 4 nitrogen and oxygen atoms in total. The van der Waals surface area contributed by atoms with Crippen molar-refractivity contribution in [3.63, 3.8) is 0 Å². The molecule has 0 aliphatic heterocycles. The third-order valence-corrected chi connectivity index (χ3v) is 3.83. The Hall–Kier alpha value is -1.29. The van der Waals surface area contributed by atoms with Crippen LogP contribution >= 0.6 is 11.6 Å². The first kappa shape index (κ1) is 13.1. The van der Waals surface area contributed by atoms with Crippen LogP contribution in [0.5, 0.6) is 0 Å². The van der Waals surface area contributed by atoms with Crippen LogP contribution < -0.4 is 5.73 Å². The summed E-state index contributed by atoms with van der Waals surface area (Å²) < 4.78 is 0. The Morgan fingerprint density at radius 2 is 2.11 bits per heavy atom. The van der Waals surface area contributed by atoms with Crippen LogP contribution in [0.25, 0.3) is 0 Å². The molecule has 0 atom stereocenters. The Morgan fingerprint density at radius 1 is 1.44 bits per heavy atom. The fourth-order valence-electron chi connectivity index (χ4n) is 2.44. The van der Waals surface area contributed by atoms with Crippen LogP contribution in [-0.2, 0) is 0 Å². The summed E-state index contributed by atoms with van der Waals surface area (Å²) in [7, 11) is 1.83. The molecule has 0 radical (unpaired) electrons. The summed E-state index contributed by atoms with van der Waals surface area (Å²) in [5, 5.41) is 0.219. The van der Waals surface area contributed by atoms with Crippen molar-refractivity contribution in [3.8, 4) is 0 Å². The summed E-state index contributed by atoms with van der Waals surface area (Å²) in [5.41, 5.74) is 6.50. The van der Waals surface area contributed by atoms with Gasteiger partial charge in [0.25, 0.3) is 5.91 Å². The number of carbonyl (C=O) groups is 1. The van der Waals surface area contributed by atoms with Gasteiger partial charge < -0.3 is 10.6 Å². The highest BCUT2D eigenvalue weighted by Gasteiger charge is 2.24. The minimum Gasteiger partial charge on any atom is -0.397 e. The zero-order valence-corrected chi connectivity index (χ0v) is 11.3. The van der Waals surface area contributed by atoms with Gasteiger partial charge in [-0.15, -0.1) is 0 Å². The SMILES string of the molecule is CN(C(=O)c1cc(N)cnc1Cl)C1CCCCC1. The number of nitrogens with two attached hydrogens (primary N) is 1. The summed E-state index contributed by atoms with van der Waals surface area (Å²) >= 11 is 5.96. The quantitative estimate of drug-likeness (QED) is 0.838. The van der Waals surface area contributed by atoms with Crippen molar-refractivity contribution in [3.05, 3.63) is 23.0 Å². The minimum absolute atomic E-state index is 0.0910. The number of aromatic nitrogens is 1. The summed E-state index contributed by atoms with van der Waals surface area (Å²) in [5.74, 6) is -0.0910. The number of halogens is 1. The predicted molar refractivity (Wildman–Crippen MR) is 72.6 cm³/mol. The van der Waals surface area contributed by atoms with E-state index in [1.54, 1.807) is 11.0 Å². The Bertz CT molecular complexity index is 444. The Balaban J connectivity index is 2.16. The second-order valence-corrected chi connectivity index (χ2v) is 5.17. The van der Waals surface area contributed by atoms with Crippen LogP contribution in [0.1, 0.15) is 42.5 Å². The van der Waals surface area contributed by atoms with Crippen LogP contribution in [-0.4, -0.2) is 28.9 Å². The molecule has 1 aromatic heterocycles. The van der Waals surface area contributed by atoms with Gasteiger partial charge >= 0.3 is 0 Å². The van der Waals surface area contributed by atoms with E-state index in [-0.39, 0.29) is 11.1 Å². The maximum Gasteiger partial charge on any atom is 0.257 e. The number of anilines is 1. The Morgan fingerprint density at radius 3 is 2.78 bits per heavy atom. The van der Waals surface area contributed by atoms with Crippen LogP contribution in [0.15, 0.2) is 12.3 Å². The van der Waals surface area contributed by atoms with Gasteiger partial charge in [0.2, 0.25) is 0 Å². The summed E-state index contributed by atoms with van der Waals surface area (Å²) in [4.78, 5) is 18.1. The molecule has 0 bridgehead atoms. The van der Waals surface area contributed by atoms with E-state index in [1.165, 1.54) is 25.5 Å². The number of pyridine rings is 1. The Labute approximate surface area is 112 Å². The third kappa shape index (κ3) is 2.75. The van der Waals surface area contributed by atoms with Gasteiger partial charge in [-0.05, 0) is 18.9 Å². The molecule has 0 saturated heterocycles. The molecule has 2 rings (SSSR count). The number of rotatable bonds is 2. The fraction of sp³-hybridized carbons (Fsp3) is 0.538. The summed E-state index contributed by atoms with van der Waals surface area (Å²) in [6, 6.07) is 1.90. The van der Waals surface area contributed by atoms with Gasteiger partial charge in [-0.1, -0.05) is 30.9 Å². The highest BCUT2D eigenvalue weighted by molar-refractivity contribution is 6.32. The predicted octanol–water partition coefficient (Wildman–Crippen LogP) is 2.72. The van der Waals surface area contributed by atoms with E-state index in [4.69, 9.17) is 17.3 Å². The molecular formula is C13H18ClN3O. The van der Waals surface area contributed by atoms with Gasteiger partial charge in [0, 0.05) is 13.1 Å². The van der Waals surface area contributed by atoms with E-state index in [0.717, 1.165) is 12.8 Å². The Kier molecular flexibility index (Phi) is 4.07. The van der Waals surface area contributed by atoms with Gasteiger partial charge in [0.1, 0.15) is 5.15 Å². The molecule has 5 heteroatoms. The number of carbonyl (C=O) groups excluding carboxylic acids is 1. The maximum atomic E-state index is 12.4. The number of nitrogen functional groups attached to an aromatic ring is 1. The lowest BCUT2D eigenvalue weighted by molar-refractivity contribution is 0.0696. The van der Waals surface area contributed by atoms with Gasteiger partial charge in [-0.25, -0.2) is 4.98 Å². The molecule has 18 heavy (non-hydrogen) atoms. The highest BCUT2D eigenvalue weighted by Crippen LogP contribution is 2.24. The van der Waals surface area contributed by atoms with E-state index in [1.807, 2.05) is 7.05 Å². The zero-order chi connectivity index (χ0) is 13.1. The fourth-order valence-corrected chi connectivity index (χ4v) is 2.62. The molecule has 1 fully saturated rings. The first-order valence-corrected chi connectivity index (χ1v) is 6.65. The van der Waals surface area contributed by atoms with Crippen molar-refractivity contribution < 1.29 is 4.79 Å². The van der Waals surface area contributed by atoms with E-state index in [2.05, 4.69) is 4.98 Å². The molecule has 98 valence electrons. The van der Waals surface area contributed by atoms with E-state index in [9.17, 15) is 4.79 Å². The average molecular weight is 268 g/mol. The van der Waals surface area contributed by atoms with Crippen LogP contribution in [0.2, 0.25) is 5.15 Å². The lowest BCUT2D eigenvalue weighted by Gasteiger charge is -2.31. The van der Waals surface area contributed by atoms with Crippen molar-refractivity contribution in [1.82, 2.24) is 9.88 Å². The highest BCUT2D eigenvalue weighted by atomic mass is 35.5. The molecule has 0 unspecified atom stereocenters. The number of nitrogens with zero attached hydrogens (tertiary/aromatic N) is 2. The zero-order valence-electron chi connectivity index (χ0n) is 10.5. The standard InChI is InChI=1S/C13H18ClN3O/c1-17(10-5-3-2-4-6-10)13(18)11-7-9(15)8-16-12(11)14/h7-8,10H,2-6,15H2,1H3. The maximum absolute atomic E-state index is 12.4. The van der Waals surface area contributed by atoms with E-state index < -0.39 is 0 Å².